The van der Waals surface area contributed by atoms with Crippen molar-refractivity contribution in [2.75, 3.05) is 5.32 Å². The number of benzene rings is 2. The van der Waals surface area contributed by atoms with Gasteiger partial charge in [-0.25, -0.2) is 27.0 Å². The quantitative estimate of drug-likeness (QED) is 0.653. The Bertz CT molecular complexity index is 1160. The van der Waals surface area contributed by atoms with Gasteiger partial charge in [-0.05, 0) is 24.3 Å². The Labute approximate surface area is 163 Å². The molecule has 0 fully saturated rings. The van der Waals surface area contributed by atoms with Crippen LogP contribution >= 0.6 is 11.6 Å². The highest BCUT2D eigenvalue weighted by Crippen LogP contribution is 2.24. The van der Waals surface area contributed by atoms with E-state index in [-0.39, 0.29) is 26.9 Å². The molecule has 28 heavy (non-hydrogen) atoms. The second kappa shape index (κ2) is 7.66. The lowest BCUT2D eigenvalue weighted by molar-refractivity contribution is -0.115. The third-order valence-electron chi connectivity index (χ3n) is 3.73. The first-order chi connectivity index (χ1) is 13.1. The summed E-state index contributed by atoms with van der Waals surface area (Å²) in [4.78, 5) is 11.8. The molecule has 1 amide bonds. The van der Waals surface area contributed by atoms with E-state index in [1.807, 2.05) is 0 Å². The molecule has 0 saturated heterocycles. The molecule has 0 aliphatic rings. The van der Waals surface area contributed by atoms with Crippen LogP contribution in [-0.2, 0) is 21.2 Å². The number of nitrogens with one attached hydrogen (secondary N) is 1. The van der Waals surface area contributed by atoms with Crippen LogP contribution in [0.25, 0.3) is 5.69 Å². The second-order valence-corrected chi connectivity index (χ2v) is 7.73. The maximum absolute atomic E-state index is 13.7. The van der Waals surface area contributed by atoms with Crippen molar-refractivity contribution >= 4 is 33.2 Å². The number of sulfonamides is 1. The number of carbonyl (C=O) groups excluding carboxylic acids is 1. The highest BCUT2D eigenvalue weighted by atomic mass is 35.5. The number of primary sulfonamides is 1. The summed E-state index contributed by atoms with van der Waals surface area (Å²) in [6.45, 7) is 0. The summed E-state index contributed by atoms with van der Waals surface area (Å²) in [6, 6.07) is 7.43. The number of anilines is 1. The van der Waals surface area contributed by atoms with E-state index in [0.717, 1.165) is 12.1 Å². The van der Waals surface area contributed by atoms with Crippen molar-refractivity contribution in [3.63, 3.8) is 0 Å². The molecular formula is C17H13ClF2N4O3S. The van der Waals surface area contributed by atoms with Gasteiger partial charge in [-0.3, -0.25) is 4.79 Å². The lowest BCUT2D eigenvalue weighted by atomic mass is 10.1. The molecule has 0 bridgehead atoms. The van der Waals surface area contributed by atoms with Crippen molar-refractivity contribution in [1.82, 2.24) is 9.78 Å². The molecule has 0 saturated carbocycles. The number of nitrogens with zero attached hydrogens (tertiary/aromatic N) is 2. The summed E-state index contributed by atoms with van der Waals surface area (Å²) >= 11 is 5.80. The van der Waals surface area contributed by atoms with Gasteiger partial charge in [0.1, 0.15) is 4.90 Å². The molecular weight excluding hydrogens is 414 g/mol. The van der Waals surface area contributed by atoms with Crippen LogP contribution in [0.15, 0.2) is 53.7 Å². The third kappa shape index (κ3) is 4.35. The van der Waals surface area contributed by atoms with Crippen LogP contribution in [-0.4, -0.2) is 24.1 Å². The van der Waals surface area contributed by atoms with Crippen LogP contribution in [0.5, 0.6) is 0 Å². The molecule has 1 heterocycles. The molecule has 3 N–H and O–H groups in total. The Kier molecular flexibility index (Phi) is 5.45. The first-order valence-corrected chi connectivity index (χ1v) is 9.68. The van der Waals surface area contributed by atoms with Crippen LogP contribution in [0.2, 0.25) is 5.02 Å². The predicted molar refractivity (Wildman–Crippen MR) is 98.6 cm³/mol. The van der Waals surface area contributed by atoms with Gasteiger partial charge >= 0.3 is 0 Å². The fourth-order valence-corrected chi connectivity index (χ4v) is 3.39. The minimum Gasteiger partial charge on any atom is -0.326 e. The van der Waals surface area contributed by atoms with Gasteiger partial charge in [-0.1, -0.05) is 23.7 Å². The van der Waals surface area contributed by atoms with E-state index in [9.17, 15) is 22.0 Å². The second-order valence-electron chi connectivity index (χ2n) is 5.77. The Morgan fingerprint density at radius 3 is 2.64 bits per heavy atom. The SMILES string of the molecule is NS(=O)(=O)c1cc(NC(=O)Cc2cccc(F)c2F)ccc1-n1cc(Cl)cn1. The zero-order valence-corrected chi connectivity index (χ0v) is 15.6. The highest BCUT2D eigenvalue weighted by Gasteiger charge is 2.18. The standard InChI is InChI=1S/C17H13ClF2N4O3S/c18-11-8-22-24(9-11)14-5-4-12(7-15(14)28(21,26)27)23-16(25)6-10-2-1-3-13(19)17(10)20/h1-5,7-9H,6H2,(H,23,25)(H2,21,26,27). The number of carbonyl (C=O) groups is 1. The molecule has 0 aliphatic carbocycles. The van der Waals surface area contributed by atoms with E-state index < -0.39 is 34.0 Å². The smallest absolute Gasteiger partial charge is 0.240 e. The summed E-state index contributed by atoms with van der Waals surface area (Å²) in [5.74, 6) is -2.85. The van der Waals surface area contributed by atoms with Crippen LogP contribution < -0.4 is 10.5 Å². The van der Waals surface area contributed by atoms with Crippen LogP contribution in [0, 0.1) is 11.6 Å². The highest BCUT2D eigenvalue weighted by molar-refractivity contribution is 7.89. The minimum atomic E-state index is -4.17. The molecule has 3 rings (SSSR count). The number of hydrogen-bond acceptors (Lipinski definition) is 4. The lowest BCUT2D eigenvalue weighted by Gasteiger charge is -2.11. The van der Waals surface area contributed by atoms with E-state index in [1.54, 1.807) is 0 Å². The molecule has 146 valence electrons. The molecule has 0 aliphatic heterocycles. The molecule has 2 aromatic carbocycles. The maximum atomic E-state index is 13.7. The fraction of sp³-hybridized carbons (Fsp3) is 0.0588. The molecule has 11 heteroatoms. The van der Waals surface area contributed by atoms with Gasteiger partial charge in [0.25, 0.3) is 0 Å². The van der Waals surface area contributed by atoms with Crippen molar-refractivity contribution in [2.45, 2.75) is 11.3 Å². The van der Waals surface area contributed by atoms with Gasteiger partial charge in [0, 0.05) is 17.4 Å². The molecule has 0 spiro atoms. The third-order valence-corrected chi connectivity index (χ3v) is 4.87. The number of hydrogen-bond donors (Lipinski definition) is 2. The largest absolute Gasteiger partial charge is 0.326 e. The lowest BCUT2D eigenvalue weighted by Crippen LogP contribution is -2.18. The van der Waals surface area contributed by atoms with Crippen molar-refractivity contribution in [3.8, 4) is 5.69 Å². The maximum Gasteiger partial charge on any atom is 0.240 e. The van der Waals surface area contributed by atoms with Gasteiger partial charge in [0.05, 0.1) is 23.3 Å². The predicted octanol–water partition coefficient (Wildman–Crippen LogP) is 2.63. The average molecular weight is 427 g/mol. The number of nitrogens with two attached hydrogens (primary N) is 1. The zero-order valence-electron chi connectivity index (χ0n) is 14.1. The topological polar surface area (TPSA) is 107 Å². The van der Waals surface area contributed by atoms with Crippen molar-refractivity contribution < 1.29 is 22.0 Å². The van der Waals surface area contributed by atoms with Gasteiger partial charge in [0.15, 0.2) is 11.6 Å². The summed E-state index contributed by atoms with van der Waals surface area (Å²) in [6.07, 6.45) is 2.26. The average Bonchev–Trinajstić information content (AvgIpc) is 3.04. The minimum absolute atomic E-state index is 0.104. The van der Waals surface area contributed by atoms with Gasteiger partial charge in [-0.15, -0.1) is 0 Å². The van der Waals surface area contributed by atoms with E-state index in [2.05, 4.69) is 10.4 Å². The zero-order chi connectivity index (χ0) is 20.5. The molecule has 0 radical (unpaired) electrons. The monoisotopic (exact) mass is 426 g/mol. The van der Waals surface area contributed by atoms with Gasteiger partial charge in [0.2, 0.25) is 15.9 Å². The first-order valence-electron chi connectivity index (χ1n) is 7.75. The molecule has 1 aromatic heterocycles. The van der Waals surface area contributed by atoms with Crippen molar-refractivity contribution in [1.29, 1.82) is 0 Å². The van der Waals surface area contributed by atoms with Gasteiger partial charge in [-0.2, -0.15) is 5.10 Å². The Balaban J connectivity index is 1.89. The van der Waals surface area contributed by atoms with Crippen LogP contribution in [0.4, 0.5) is 14.5 Å². The number of rotatable bonds is 5. The van der Waals surface area contributed by atoms with E-state index >= 15 is 0 Å². The summed E-state index contributed by atoms with van der Waals surface area (Å²) in [7, 11) is -4.17. The fourth-order valence-electron chi connectivity index (χ4n) is 2.50. The normalized spacial score (nSPS) is 11.4. The first kappa shape index (κ1) is 19.9. The van der Waals surface area contributed by atoms with Crippen molar-refractivity contribution in [2.24, 2.45) is 5.14 Å². The Morgan fingerprint density at radius 2 is 2.00 bits per heavy atom. The van der Waals surface area contributed by atoms with E-state index in [4.69, 9.17) is 16.7 Å². The Hall–Kier alpha value is -2.82. The summed E-state index contributed by atoms with van der Waals surface area (Å²) in [5.41, 5.74) is 0.100. The number of aromatic nitrogens is 2. The summed E-state index contributed by atoms with van der Waals surface area (Å²) in [5, 5.41) is 11.9. The molecule has 7 nitrogen and oxygen atoms in total. The van der Waals surface area contributed by atoms with E-state index in [1.165, 1.54) is 41.3 Å². The molecule has 3 aromatic rings. The van der Waals surface area contributed by atoms with Crippen molar-refractivity contribution in [3.05, 3.63) is 71.0 Å². The molecule has 0 unspecified atom stereocenters. The van der Waals surface area contributed by atoms with Gasteiger partial charge < -0.3 is 5.32 Å². The molecule has 0 atom stereocenters. The number of amides is 1. The van der Waals surface area contributed by atoms with Crippen LogP contribution in [0.1, 0.15) is 5.56 Å². The number of halogens is 3. The van der Waals surface area contributed by atoms with E-state index in [0.29, 0.717) is 0 Å². The van der Waals surface area contributed by atoms with Crippen LogP contribution in [0.3, 0.4) is 0 Å². The Morgan fingerprint density at radius 1 is 1.25 bits per heavy atom. The summed E-state index contributed by atoms with van der Waals surface area (Å²) < 4.78 is 52.0.